The molecule has 2 heterocycles. The fourth-order valence-corrected chi connectivity index (χ4v) is 3.80. The topological polar surface area (TPSA) is 6.48 Å². The molecule has 2 saturated heterocycles. The Morgan fingerprint density at radius 3 is 2.59 bits per heavy atom. The van der Waals surface area contributed by atoms with Crippen LogP contribution in [-0.4, -0.2) is 47.6 Å². The van der Waals surface area contributed by atoms with Crippen LogP contribution in [0, 0.1) is 0 Å². The molecule has 2 aliphatic heterocycles. The second kappa shape index (κ2) is 5.27. The van der Waals surface area contributed by atoms with Gasteiger partial charge in [0.25, 0.3) is 0 Å². The molecule has 0 N–H and O–H groups in total. The molecule has 0 spiro atoms. The fourth-order valence-electron chi connectivity index (χ4n) is 3.80. The third-order valence-electron chi connectivity index (χ3n) is 5.23. The number of likely N-dealkylation sites (tertiary alicyclic amines) is 2. The van der Waals surface area contributed by atoms with E-state index >= 15 is 0 Å². The van der Waals surface area contributed by atoms with Gasteiger partial charge in [0.1, 0.15) is 0 Å². The normalized spacial score (nSPS) is 36.2. The first-order valence-corrected chi connectivity index (χ1v) is 7.50. The van der Waals surface area contributed by atoms with E-state index in [-0.39, 0.29) is 0 Å². The van der Waals surface area contributed by atoms with Gasteiger partial charge < -0.3 is 4.90 Å². The molecule has 0 radical (unpaired) electrons. The van der Waals surface area contributed by atoms with Crippen LogP contribution < -0.4 is 0 Å². The fraction of sp³-hybridized carbons (Fsp3) is 1.00. The summed E-state index contributed by atoms with van der Waals surface area (Å²) >= 11 is 0. The minimum absolute atomic E-state index is 0.491. The quantitative estimate of drug-likeness (QED) is 0.742. The van der Waals surface area contributed by atoms with Crippen molar-refractivity contribution in [2.45, 2.75) is 76.9 Å². The monoisotopic (exact) mass is 238 g/mol. The van der Waals surface area contributed by atoms with Crippen LogP contribution in [0.15, 0.2) is 0 Å². The molecule has 0 amide bonds. The van der Waals surface area contributed by atoms with Crippen LogP contribution >= 0.6 is 0 Å². The highest BCUT2D eigenvalue weighted by molar-refractivity contribution is 4.92. The van der Waals surface area contributed by atoms with E-state index in [0.717, 1.165) is 12.1 Å². The van der Waals surface area contributed by atoms with Crippen molar-refractivity contribution < 1.29 is 0 Å². The van der Waals surface area contributed by atoms with Crippen molar-refractivity contribution in [2.24, 2.45) is 0 Å². The zero-order chi connectivity index (χ0) is 12.5. The molecule has 0 aromatic carbocycles. The molecular formula is C15H30N2. The minimum atomic E-state index is 0.491. The summed E-state index contributed by atoms with van der Waals surface area (Å²) in [6.07, 6.45) is 8.42. The molecule has 2 heteroatoms. The zero-order valence-electron chi connectivity index (χ0n) is 12.2. The SMILES string of the molecule is CC(C)N1CCCC1CCC1(C)CCCN1C. The van der Waals surface area contributed by atoms with E-state index in [9.17, 15) is 0 Å². The Hall–Kier alpha value is -0.0800. The van der Waals surface area contributed by atoms with Gasteiger partial charge in [-0.15, -0.1) is 0 Å². The van der Waals surface area contributed by atoms with E-state index in [0.29, 0.717) is 5.54 Å². The summed E-state index contributed by atoms with van der Waals surface area (Å²) < 4.78 is 0. The van der Waals surface area contributed by atoms with Gasteiger partial charge in [-0.1, -0.05) is 0 Å². The molecule has 2 unspecified atom stereocenters. The number of nitrogens with zero attached hydrogens (tertiary/aromatic N) is 2. The van der Waals surface area contributed by atoms with Crippen molar-refractivity contribution in [1.29, 1.82) is 0 Å². The van der Waals surface area contributed by atoms with Gasteiger partial charge in [0, 0.05) is 17.6 Å². The Balaban J connectivity index is 1.85. The summed E-state index contributed by atoms with van der Waals surface area (Å²) in [4.78, 5) is 5.31. The molecule has 17 heavy (non-hydrogen) atoms. The van der Waals surface area contributed by atoms with Crippen LogP contribution in [0.3, 0.4) is 0 Å². The Labute approximate surface area is 107 Å². The molecule has 2 atom stereocenters. The van der Waals surface area contributed by atoms with Crippen LogP contribution in [-0.2, 0) is 0 Å². The molecule has 0 saturated carbocycles. The molecule has 0 aliphatic carbocycles. The summed E-state index contributed by atoms with van der Waals surface area (Å²) in [7, 11) is 2.31. The number of hydrogen-bond acceptors (Lipinski definition) is 2. The summed E-state index contributed by atoms with van der Waals surface area (Å²) in [5.41, 5.74) is 0.491. The van der Waals surface area contributed by atoms with Crippen LogP contribution in [0.5, 0.6) is 0 Å². The first-order valence-electron chi connectivity index (χ1n) is 7.50. The molecule has 0 bridgehead atoms. The second-order valence-electron chi connectivity index (χ2n) is 6.69. The maximum absolute atomic E-state index is 2.72. The Bertz CT molecular complexity index is 251. The highest BCUT2D eigenvalue weighted by atomic mass is 15.2. The van der Waals surface area contributed by atoms with Crippen molar-refractivity contribution in [3.05, 3.63) is 0 Å². The minimum Gasteiger partial charge on any atom is -0.301 e. The molecule has 0 aromatic rings. The van der Waals surface area contributed by atoms with Gasteiger partial charge in [-0.05, 0) is 79.4 Å². The van der Waals surface area contributed by atoms with Crippen LogP contribution in [0.1, 0.15) is 59.3 Å². The predicted octanol–water partition coefficient (Wildman–Crippen LogP) is 3.12. The lowest BCUT2D eigenvalue weighted by Crippen LogP contribution is -2.41. The van der Waals surface area contributed by atoms with E-state index in [4.69, 9.17) is 0 Å². The largest absolute Gasteiger partial charge is 0.301 e. The average Bonchev–Trinajstić information content (AvgIpc) is 2.85. The standard InChI is InChI=1S/C15H30N2/c1-13(2)17-12-5-7-14(17)8-10-15(3)9-6-11-16(15)4/h13-14H,5-12H2,1-4H3. The molecule has 0 aromatic heterocycles. The van der Waals surface area contributed by atoms with E-state index in [2.05, 4.69) is 37.6 Å². The smallest absolute Gasteiger partial charge is 0.0179 e. The molecule has 2 nitrogen and oxygen atoms in total. The van der Waals surface area contributed by atoms with Crippen LogP contribution in [0.4, 0.5) is 0 Å². The molecule has 2 aliphatic rings. The van der Waals surface area contributed by atoms with Crippen molar-refractivity contribution in [3.8, 4) is 0 Å². The summed E-state index contributed by atoms with van der Waals surface area (Å²) in [6.45, 7) is 9.79. The van der Waals surface area contributed by atoms with Crippen LogP contribution in [0.2, 0.25) is 0 Å². The van der Waals surface area contributed by atoms with Gasteiger partial charge >= 0.3 is 0 Å². The van der Waals surface area contributed by atoms with Crippen molar-refractivity contribution >= 4 is 0 Å². The Kier molecular flexibility index (Phi) is 4.14. The van der Waals surface area contributed by atoms with Gasteiger partial charge in [0.2, 0.25) is 0 Å². The van der Waals surface area contributed by atoms with Crippen molar-refractivity contribution in [1.82, 2.24) is 9.80 Å². The summed E-state index contributed by atoms with van der Waals surface area (Å²) in [5, 5.41) is 0. The van der Waals surface area contributed by atoms with Crippen molar-refractivity contribution in [2.75, 3.05) is 20.1 Å². The van der Waals surface area contributed by atoms with Gasteiger partial charge in [-0.3, -0.25) is 4.90 Å². The van der Waals surface area contributed by atoms with Crippen LogP contribution in [0.25, 0.3) is 0 Å². The zero-order valence-corrected chi connectivity index (χ0v) is 12.2. The van der Waals surface area contributed by atoms with Gasteiger partial charge in [0.05, 0.1) is 0 Å². The first kappa shape index (κ1) is 13.4. The molecule has 2 rings (SSSR count). The molecule has 100 valence electrons. The highest BCUT2D eigenvalue weighted by Gasteiger charge is 2.35. The molecule has 2 fully saturated rings. The first-order chi connectivity index (χ1) is 8.03. The Morgan fingerprint density at radius 2 is 2.00 bits per heavy atom. The van der Waals surface area contributed by atoms with Crippen molar-refractivity contribution in [3.63, 3.8) is 0 Å². The maximum atomic E-state index is 2.72. The third-order valence-corrected chi connectivity index (χ3v) is 5.23. The van der Waals surface area contributed by atoms with Gasteiger partial charge in [-0.25, -0.2) is 0 Å². The van der Waals surface area contributed by atoms with Gasteiger partial charge in [0.15, 0.2) is 0 Å². The van der Waals surface area contributed by atoms with Gasteiger partial charge in [-0.2, -0.15) is 0 Å². The Morgan fingerprint density at radius 1 is 1.24 bits per heavy atom. The second-order valence-corrected chi connectivity index (χ2v) is 6.69. The van der Waals surface area contributed by atoms with E-state index in [1.807, 2.05) is 0 Å². The summed E-state index contributed by atoms with van der Waals surface area (Å²) in [5.74, 6) is 0. The third kappa shape index (κ3) is 2.85. The number of hydrogen-bond donors (Lipinski definition) is 0. The predicted molar refractivity (Wildman–Crippen MR) is 74.4 cm³/mol. The lowest BCUT2D eigenvalue weighted by atomic mass is 9.90. The van der Waals surface area contributed by atoms with E-state index in [1.54, 1.807) is 0 Å². The van der Waals surface area contributed by atoms with E-state index < -0.39 is 0 Å². The summed E-state index contributed by atoms with van der Waals surface area (Å²) in [6, 6.07) is 1.59. The maximum Gasteiger partial charge on any atom is 0.0179 e. The number of rotatable bonds is 4. The lowest BCUT2D eigenvalue weighted by molar-refractivity contribution is 0.141. The lowest BCUT2D eigenvalue weighted by Gasteiger charge is -2.35. The highest BCUT2D eigenvalue weighted by Crippen LogP contribution is 2.34. The van der Waals surface area contributed by atoms with E-state index in [1.165, 1.54) is 51.6 Å². The molecular weight excluding hydrogens is 208 g/mol. The average molecular weight is 238 g/mol.